The number of nitrogens with zero attached hydrogens (tertiary/aromatic N) is 2. The van der Waals surface area contributed by atoms with Crippen LogP contribution in [0.5, 0.6) is 5.75 Å². The molecule has 2 aromatic carbocycles. The van der Waals surface area contributed by atoms with Gasteiger partial charge in [-0.05, 0) is 54.8 Å². The van der Waals surface area contributed by atoms with Gasteiger partial charge in [-0.15, -0.1) is 0 Å². The van der Waals surface area contributed by atoms with Crippen LogP contribution in [0.4, 0.5) is 13.2 Å². The molecule has 0 N–H and O–H groups in total. The third-order valence-electron chi connectivity index (χ3n) is 5.51. The highest BCUT2D eigenvalue weighted by molar-refractivity contribution is 7.07. The molecule has 1 atom stereocenters. The van der Waals surface area contributed by atoms with Crippen LogP contribution in [-0.4, -0.2) is 30.4 Å². The molecule has 0 radical (unpaired) electrons. The molecule has 1 aromatic heterocycles. The Morgan fingerprint density at radius 3 is 2.53 bits per heavy atom. The average molecular weight is 537 g/mol. The first-order chi connectivity index (χ1) is 17.0. The Bertz CT molecular complexity index is 1540. The molecule has 3 aromatic rings. The van der Waals surface area contributed by atoms with E-state index >= 15 is 0 Å². The number of hydrogen-bond donors (Lipinski definition) is 0. The SMILES string of the molecule is CCOC(=O)C1=C(C(F)(F)F)N=c2s/c(=C\c3ccc(C)c(OC)c3)c(=O)n2[C@H]1c1ccc(Cl)cc1. The minimum Gasteiger partial charge on any atom is -0.496 e. The van der Waals surface area contributed by atoms with Gasteiger partial charge < -0.3 is 9.47 Å². The molecule has 0 aliphatic carbocycles. The second-order valence-corrected chi connectivity index (χ2v) is 9.29. The highest BCUT2D eigenvalue weighted by Gasteiger charge is 2.45. The van der Waals surface area contributed by atoms with E-state index in [1.54, 1.807) is 24.3 Å². The van der Waals surface area contributed by atoms with Gasteiger partial charge in [0.25, 0.3) is 5.56 Å². The number of aryl methyl sites for hydroxylation is 1. The lowest BCUT2D eigenvalue weighted by Crippen LogP contribution is -2.41. The van der Waals surface area contributed by atoms with E-state index in [4.69, 9.17) is 21.1 Å². The molecule has 1 aliphatic rings. The zero-order chi connectivity index (χ0) is 26.2. The molecular weight excluding hydrogens is 517 g/mol. The van der Waals surface area contributed by atoms with Gasteiger partial charge in [-0.2, -0.15) is 13.2 Å². The molecule has 1 aliphatic heterocycles. The number of benzene rings is 2. The molecule has 0 spiro atoms. The number of fused-ring (bicyclic) bond motifs is 1. The van der Waals surface area contributed by atoms with Crippen molar-refractivity contribution in [3.05, 3.63) is 95.1 Å². The fourth-order valence-corrected chi connectivity index (χ4v) is 5.01. The first kappa shape index (κ1) is 25.7. The van der Waals surface area contributed by atoms with Crippen molar-refractivity contribution in [1.29, 1.82) is 0 Å². The van der Waals surface area contributed by atoms with Crippen molar-refractivity contribution >= 4 is 35.0 Å². The van der Waals surface area contributed by atoms with Gasteiger partial charge in [0.05, 0.1) is 29.9 Å². The largest absolute Gasteiger partial charge is 0.496 e. The second kappa shape index (κ2) is 9.94. The number of allylic oxidation sites excluding steroid dienone is 1. The standard InChI is InChI=1S/C25H20ClF3N2O4S/c1-4-35-23(33)19-20(15-7-9-16(26)10-8-15)31-22(32)18(36-24(31)30-21(19)25(27,28)29)12-14-6-5-13(2)17(11-14)34-3/h5-12,20H,4H2,1-3H3/b18-12-/t20-/m0/s1. The molecule has 0 saturated carbocycles. The molecule has 188 valence electrons. The molecule has 0 saturated heterocycles. The van der Waals surface area contributed by atoms with E-state index < -0.39 is 35.0 Å². The number of carbonyl (C=O) groups excluding carboxylic acids is 1. The fraction of sp³-hybridized carbons (Fsp3) is 0.240. The zero-order valence-corrected chi connectivity index (χ0v) is 20.9. The predicted molar refractivity (Wildman–Crippen MR) is 130 cm³/mol. The molecule has 0 unspecified atom stereocenters. The lowest BCUT2D eigenvalue weighted by Gasteiger charge is -2.26. The smallest absolute Gasteiger partial charge is 0.434 e. The molecule has 0 bridgehead atoms. The Morgan fingerprint density at radius 1 is 1.22 bits per heavy atom. The minimum absolute atomic E-state index is 0.144. The lowest BCUT2D eigenvalue weighted by molar-refractivity contribution is -0.140. The van der Waals surface area contributed by atoms with E-state index in [1.165, 1.54) is 38.3 Å². The summed E-state index contributed by atoms with van der Waals surface area (Å²) >= 11 is 6.78. The number of carbonyl (C=O) groups is 1. The van der Waals surface area contributed by atoms with Crippen molar-refractivity contribution in [3.8, 4) is 5.75 Å². The normalized spacial score (nSPS) is 16.0. The van der Waals surface area contributed by atoms with Crippen LogP contribution in [0.1, 0.15) is 29.7 Å². The molecule has 4 rings (SSSR count). The topological polar surface area (TPSA) is 69.9 Å². The summed E-state index contributed by atoms with van der Waals surface area (Å²) < 4.78 is 53.9. The summed E-state index contributed by atoms with van der Waals surface area (Å²) in [5, 5.41) is 0.345. The number of halogens is 4. The van der Waals surface area contributed by atoms with Crippen molar-refractivity contribution in [2.24, 2.45) is 4.99 Å². The summed E-state index contributed by atoms with van der Waals surface area (Å²) in [4.78, 5) is 29.9. The Morgan fingerprint density at radius 2 is 1.92 bits per heavy atom. The highest BCUT2D eigenvalue weighted by Crippen LogP contribution is 2.38. The van der Waals surface area contributed by atoms with E-state index in [-0.39, 0.29) is 21.5 Å². The quantitative estimate of drug-likeness (QED) is 0.456. The molecule has 0 amide bonds. The van der Waals surface area contributed by atoms with Crippen molar-refractivity contribution < 1.29 is 27.4 Å². The summed E-state index contributed by atoms with van der Waals surface area (Å²) in [5.41, 5.74) is -1.00. The predicted octanol–water partition coefficient (Wildman–Crippen LogP) is 4.31. The first-order valence-electron chi connectivity index (χ1n) is 10.8. The molecule has 6 nitrogen and oxygen atoms in total. The van der Waals surface area contributed by atoms with E-state index in [0.717, 1.165) is 21.5 Å². The van der Waals surface area contributed by atoms with Gasteiger partial charge in [-0.1, -0.05) is 47.2 Å². The van der Waals surface area contributed by atoms with Crippen molar-refractivity contribution in [3.63, 3.8) is 0 Å². The maximum atomic E-state index is 14.1. The van der Waals surface area contributed by atoms with Crippen molar-refractivity contribution in [1.82, 2.24) is 4.57 Å². The number of ether oxygens (including phenoxy) is 2. The van der Waals surface area contributed by atoms with Crippen LogP contribution < -0.4 is 19.6 Å². The third-order valence-corrected chi connectivity index (χ3v) is 6.75. The number of aromatic nitrogens is 1. The number of alkyl halides is 3. The fourth-order valence-electron chi connectivity index (χ4n) is 3.88. The summed E-state index contributed by atoms with van der Waals surface area (Å²) in [6, 6.07) is 9.75. The Labute approximate surface area is 212 Å². The lowest BCUT2D eigenvalue weighted by atomic mass is 9.95. The van der Waals surface area contributed by atoms with Gasteiger partial charge in [0.1, 0.15) is 5.75 Å². The second-order valence-electron chi connectivity index (χ2n) is 7.84. The van der Waals surface area contributed by atoms with Crippen molar-refractivity contribution in [2.75, 3.05) is 13.7 Å². The van der Waals surface area contributed by atoms with Gasteiger partial charge in [-0.25, -0.2) is 9.79 Å². The maximum absolute atomic E-state index is 14.1. The summed E-state index contributed by atoms with van der Waals surface area (Å²) in [5.74, 6) is -0.606. The first-order valence-corrected chi connectivity index (χ1v) is 11.9. The molecule has 11 heteroatoms. The van der Waals surface area contributed by atoms with Crippen LogP contribution >= 0.6 is 22.9 Å². The van der Waals surface area contributed by atoms with E-state index in [2.05, 4.69) is 4.99 Å². The van der Waals surface area contributed by atoms with Crippen LogP contribution in [-0.2, 0) is 9.53 Å². The van der Waals surface area contributed by atoms with Gasteiger partial charge in [0.2, 0.25) is 0 Å². The number of thiazole rings is 1. The van der Waals surface area contributed by atoms with Gasteiger partial charge in [-0.3, -0.25) is 9.36 Å². The van der Waals surface area contributed by atoms with Crippen LogP contribution in [0.3, 0.4) is 0 Å². The summed E-state index contributed by atoms with van der Waals surface area (Å²) in [6.45, 7) is 3.19. The average Bonchev–Trinajstić information content (AvgIpc) is 3.14. The maximum Gasteiger partial charge on any atom is 0.434 e. The molecule has 36 heavy (non-hydrogen) atoms. The summed E-state index contributed by atoms with van der Waals surface area (Å²) in [6.07, 6.45) is -3.42. The Hall–Kier alpha value is -3.37. The highest BCUT2D eigenvalue weighted by atomic mass is 35.5. The van der Waals surface area contributed by atoms with Crippen molar-refractivity contribution in [2.45, 2.75) is 26.1 Å². The number of rotatable bonds is 5. The van der Waals surface area contributed by atoms with Crippen LogP contribution in [0, 0.1) is 6.92 Å². The molecule has 2 heterocycles. The number of hydrogen-bond acceptors (Lipinski definition) is 6. The van der Waals surface area contributed by atoms with Gasteiger partial charge >= 0.3 is 12.1 Å². The van der Waals surface area contributed by atoms with Gasteiger partial charge in [0, 0.05) is 5.02 Å². The minimum atomic E-state index is -4.97. The third kappa shape index (κ3) is 4.83. The zero-order valence-electron chi connectivity index (χ0n) is 19.4. The van der Waals surface area contributed by atoms with Gasteiger partial charge in [0.15, 0.2) is 10.5 Å². The molecular formula is C25H20ClF3N2O4S. The number of esters is 1. The number of methoxy groups -OCH3 is 1. The van der Waals surface area contributed by atoms with Crippen LogP contribution in [0.25, 0.3) is 6.08 Å². The monoisotopic (exact) mass is 536 g/mol. The van der Waals surface area contributed by atoms with Crippen LogP contribution in [0.15, 0.2) is 63.5 Å². The molecule has 0 fully saturated rings. The van der Waals surface area contributed by atoms with Crippen LogP contribution in [0.2, 0.25) is 5.02 Å². The van der Waals surface area contributed by atoms with E-state index in [0.29, 0.717) is 16.3 Å². The van der Waals surface area contributed by atoms with E-state index in [9.17, 15) is 22.8 Å². The Balaban J connectivity index is 2.03. The Kier molecular flexibility index (Phi) is 7.10. The van der Waals surface area contributed by atoms with E-state index in [1.807, 2.05) is 6.92 Å². The summed E-state index contributed by atoms with van der Waals surface area (Å²) in [7, 11) is 1.52.